The fraction of sp³-hybridized carbons (Fsp3) is 0.429. The second-order valence-corrected chi connectivity index (χ2v) is 11.8. The summed E-state index contributed by atoms with van der Waals surface area (Å²) in [7, 11) is -3.89. The molecule has 4 aromatic rings. The molecule has 198 valence electrons. The molecular weight excluding hydrogens is 502 g/mol. The van der Waals surface area contributed by atoms with E-state index in [4.69, 9.17) is 15.0 Å². The van der Waals surface area contributed by atoms with Crippen molar-refractivity contribution in [2.24, 2.45) is 5.92 Å². The van der Waals surface area contributed by atoms with Crippen LogP contribution in [0.15, 0.2) is 41.4 Å². The molecule has 0 radical (unpaired) electrons. The first kappa shape index (κ1) is 25.9. The Hall–Kier alpha value is -3.71. The number of esters is 1. The van der Waals surface area contributed by atoms with Gasteiger partial charge >= 0.3 is 5.97 Å². The maximum atomic E-state index is 13.7. The summed E-state index contributed by atoms with van der Waals surface area (Å²) in [6.07, 6.45) is 5.66. The summed E-state index contributed by atoms with van der Waals surface area (Å²) >= 11 is 0. The third kappa shape index (κ3) is 4.56. The summed E-state index contributed by atoms with van der Waals surface area (Å²) in [5.41, 5.74) is 3.23. The highest BCUT2D eigenvalue weighted by Crippen LogP contribution is 2.39. The zero-order valence-electron chi connectivity index (χ0n) is 21.8. The number of aromatic nitrogens is 4. The molecule has 5 rings (SSSR count). The van der Waals surface area contributed by atoms with E-state index in [1.807, 2.05) is 13.0 Å². The van der Waals surface area contributed by atoms with Crippen molar-refractivity contribution in [2.45, 2.75) is 70.2 Å². The second-order valence-electron chi connectivity index (χ2n) is 10.0. The molecule has 1 saturated carbocycles. The molecule has 0 spiro atoms. The lowest BCUT2D eigenvalue weighted by Crippen LogP contribution is -2.21. The predicted molar refractivity (Wildman–Crippen MR) is 143 cm³/mol. The lowest BCUT2D eigenvalue weighted by molar-refractivity contribution is -0.142. The SMILES string of the molecule is CCOC(=O)Cc1nc2cnc3c(cc(C)n3S(=O)(=O)c3ccc(C)cc3)c2n1C1CCC(CC#N)CC1. The van der Waals surface area contributed by atoms with E-state index in [2.05, 4.69) is 15.6 Å². The van der Waals surface area contributed by atoms with Crippen LogP contribution in [0.5, 0.6) is 0 Å². The first-order valence-electron chi connectivity index (χ1n) is 13.0. The molecule has 9 nitrogen and oxygen atoms in total. The van der Waals surface area contributed by atoms with Crippen LogP contribution < -0.4 is 0 Å². The summed E-state index contributed by atoms with van der Waals surface area (Å²) in [5, 5.41) is 9.81. The van der Waals surface area contributed by atoms with Crippen LogP contribution in [-0.2, 0) is 26.0 Å². The molecule has 0 unspecified atom stereocenters. The molecule has 0 aliphatic heterocycles. The number of nitrogens with zero attached hydrogens (tertiary/aromatic N) is 5. The van der Waals surface area contributed by atoms with E-state index in [0.29, 0.717) is 40.4 Å². The smallest absolute Gasteiger partial charge is 0.313 e. The van der Waals surface area contributed by atoms with Gasteiger partial charge in [-0.3, -0.25) is 4.79 Å². The van der Waals surface area contributed by atoms with Gasteiger partial charge in [0.15, 0.2) is 5.65 Å². The molecule has 1 aliphatic rings. The average molecular weight is 534 g/mol. The van der Waals surface area contributed by atoms with Gasteiger partial charge in [-0.2, -0.15) is 5.26 Å². The van der Waals surface area contributed by atoms with Crippen molar-refractivity contribution in [1.29, 1.82) is 5.26 Å². The van der Waals surface area contributed by atoms with Crippen LogP contribution in [0.4, 0.5) is 0 Å². The number of carbonyl (C=O) groups is 1. The topological polar surface area (TPSA) is 120 Å². The second kappa shape index (κ2) is 10.2. The van der Waals surface area contributed by atoms with Crippen LogP contribution in [0.3, 0.4) is 0 Å². The Morgan fingerprint density at radius 2 is 1.87 bits per heavy atom. The van der Waals surface area contributed by atoms with Gasteiger partial charge in [0.2, 0.25) is 0 Å². The molecule has 3 aromatic heterocycles. The standard InChI is InChI=1S/C28H31N5O4S/c1-4-37-26(34)16-25-31-24-17-30-28-23(27(24)32(25)21-9-7-20(8-10-21)13-14-29)15-19(3)33(28)38(35,36)22-11-5-18(2)6-12-22/h5-6,11-12,15,17,20-21H,4,7-10,13,16H2,1-3H3. The van der Waals surface area contributed by atoms with Gasteiger partial charge in [0.25, 0.3) is 10.0 Å². The fourth-order valence-electron chi connectivity index (χ4n) is 5.60. The minimum atomic E-state index is -3.89. The summed E-state index contributed by atoms with van der Waals surface area (Å²) < 4.78 is 36.0. The Morgan fingerprint density at radius 1 is 1.16 bits per heavy atom. The Bertz CT molecular complexity index is 1650. The molecule has 3 heterocycles. The van der Waals surface area contributed by atoms with Gasteiger partial charge in [-0.15, -0.1) is 0 Å². The Balaban J connectivity index is 1.68. The summed E-state index contributed by atoms with van der Waals surface area (Å²) in [4.78, 5) is 22.0. The van der Waals surface area contributed by atoms with Crippen molar-refractivity contribution in [1.82, 2.24) is 18.5 Å². The number of hydrogen-bond donors (Lipinski definition) is 0. The van der Waals surface area contributed by atoms with Crippen molar-refractivity contribution < 1.29 is 17.9 Å². The van der Waals surface area contributed by atoms with Gasteiger partial charge in [0.05, 0.1) is 29.3 Å². The van der Waals surface area contributed by atoms with Crippen molar-refractivity contribution in [3.05, 3.63) is 53.6 Å². The number of benzene rings is 1. The van der Waals surface area contributed by atoms with Gasteiger partial charge in [-0.1, -0.05) is 17.7 Å². The van der Waals surface area contributed by atoms with Gasteiger partial charge in [-0.05, 0) is 70.6 Å². The van der Waals surface area contributed by atoms with Crippen molar-refractivity contribution in [2.75, 3.05) is 6.61 Å². The fourth-order valence-corrected chi connectivity index (χ4v) is 7.09. The number of nitriles is 1. The molecule has 0 amide bonds. The van der Waals surface area contributed by atoms with Crippen LogP contribution in [0.25, 0.3) is 22.1 Å². The van der Waals surface area contributed by atoms with Gasteiger partial charge in [0, 0.05) is 23.5 Å². The lowest BCUT2D eigenvalue weighted by Gasteiger charge is -2.29. The highest BCUT2D eigenvalue weighted by molar-refractivity contribution is 7.90. The molecule has 0 N–H and O–H groups in total. The first-order chi connectivity index (χ1) is 18.2. The largest absolute Gasteiger partial charge is 0.466 e. The maximum absolute atomic E-state index is 13.7. The van der Waals surface area contributed by atoms with Gasteiger partial charge in [-0.25, -0.2) is 22.4 Å². The number of rotatable bonds is 7. The van der Waals surface area contributed by atoms with Crippen molar-refractivity contribution in [3.63, 3.8) is 0 Å². The number of pyridine rings is 1. The molecular formula is C28H31N5O4S. The average Bonchev–Trinajstić information content (AvgIpc) is 3.42. The number of hydrogen-bond acceptors (Lipinski definition) is 7. The van der Waals surface area contributed by atoms with Crippen molar-refractivity contribution >= 4 is 38.1 Å². The normalized spacial score (nSPS) is 18.1. The number of aryl methyl sites for hydroxylation is 2. The van der Waals surface area contributed by atoms with E-state index >= 15 is 0 Å². The van der Waals surface area contributed by atoms with E-state index in [1.165, 1.54) is 3.97 Å². The van der Waals surface area contributed by atoms with E-state index in [1.54, 1.807) is 44.3 Å². The van der Waals surface area contributed by atoms with E-state index in [-0.39, 0.29) is 29.9 Å². The number of ether oxygens (including phenoxy) is 1. The minimum absolute atomic E-state index is 0.0174. The zero-order chi connectivity index (χ0) is 27.0. The van der Waals surface area contributed by atoms with E-state index < -0.39 is 10.0 Å². The maximum Gasteiger partial charge on any atom is 0.313 e. The molecule has 10 heteroatoms. The van der Waals surface area contributed by atoms with Gasteiger partial charge < -0.3 is 9.30 Å². The third-order valence-corrected chi connectivity index (χ3v) is 9.22. The Kier molecular flexibility index (Phi) is 6.97. The highest BCUT2D eigenvalue weighted by atomic mass is 32.2. The third-order valence-electron chi connectivity index (χ3n) is 7.41. The van der Waals surface area contributed by atoms with Crippen LogP contribution >= 0.6 is 0 Å². The van der Waals surface area contributed by atoms with Crippen LogP contribution in [0.1, 0.15) is 62.2 Å². The van der Waals surface area contributed by atoms with Crippen molar-refractivity contribution in [3.8, 4) is 6.07 Å². The molecule has 1 fully saturated rings. The molecule has 38 heavy (non-hydrogen) atoms. The molecule has 1 aromatic carbocycles. The Labute approximate surface area is 222 Å². The van der Waals surface area contributed by atoms with Crippen LogP contribution in [0, 0.1) is 31.1 Å². The van der Waals surface area contributed by atoms with Crippen LogP contribution in [0.2, 0.25) is 0 Å². The molecule has 1 aliphatic carbocycles. The van der Waals surface area contributed by atoms with Crippen LogP contribution in [-0.4, -0.2) is 39.5 Å². The highest BCUT2D eigenvalue weighted by Gasteiger charge is 2.30. The number of fused-ring (bicyclic) bond motifs is 3. The monoisotopic (exact) mass is 533 g/mol. The predicted octanol–water partition coefficient (Wildman–Crippen LogP) is 4.99. The first-order valence-corrected chi connectivity index (χ1v) is 14.4. The Morgan fingerprint density at radius 3 is 2.53 bits per heavy atom. The summed E-state index contributed by atoms with van der Waals surface area (Å²) in [5.74, 6) is 0.592. The minimum Gasteiger partial charge on any atom is -0.466 e. The zero-order valence-corrected chi connectivity index (χ0v) is 22.7. The van der Waals surface area contributed by atoms with E-state index in [0.717, 1.165) is 36.8 Å². The quantitative estimate of drug-likeness (QED) is 0.307. The summed E-state index contributed by atoms with van der Waals surface area (Å²) in [6, 6.07) is 11.0. The summed E-state index contributed by atoms with van der Waals surface area (Å²) in [6.45, 7) is 5.72. The molecule has 0 bridgehead atoms. The van der Waals surface area contributed by atoms with E-state index in [9.17, 15) is 13.2 Å². The number of carbonyl (C=O) groups excluding carboxylic acids is 1. The lowest BCUT2D eigenvalue weighted by atomic mass is 9.84. The number of imidazole rings is 1. The molecule has 0 saturated heterocycles. The van der Waals surface area contributed by atoms with Gasteiger partial charge in [0.1, 0.15) is 17.8 Å². The molecule has 0 atom stereocenters.